The molecule has 0 aliphatic rings. The average Bonchev–Trinajstić information content (AvgIpc) is 2.37. The first kappa shape index (κ1) is 17.9. The lowest BCUT2D eigenvalue weighted by molar-refractivity contribution is 0.282. The van der Waals surface area contributed by atoms with E-state index in [4.69, 9.17) is 4.43 Å². The normalized spacial score (nSPS) is 12.4. The Hall–Kier alpha value is -1.13. The highest BCUT2D eigenvalue weighted by molar-refractivity contribution is 6.74. The van der Waals surface area contributed by atoms with Gasteiger partial charge in [-0.25, -0.2) is 0 Å². The molecule has 1 aromatic heterocycles. The Morgan fingerprint density at radius 3 is 2.62 bits per heavy atom. The molecule has 1 heterocycles. The quantitative estimate of drug-likeness (QED) is 0.469. The second-order valence-corrected chi connectivity index (χ2v) is 11.8. The number of pyridine rings is 1. The van der Waals surface area contributed by atoms with Gasteiger partial charge in [0, 0.05) is 18.4 Å². The van der Waals surface area contributed by atoms with Crippen molar-refractivity contribution < 1.29 is 4.43 Å². The third-order valence-corrected chi connectivity index (χ3v) is 8.91. The van der Waals surface area contributed by atoms with Crippen LogP contribution in [0.5, 0.6) is 0 Å². The van der Waals surface area contributed by atoms with E-state index in [1.165, 1.54) is 0 Å². The molecule has 0 saturated heterocycles. The van der Waals surface area contributed by atoms with Gasteiger partial charge in [0.2, 0.25) is 0 Å². The molecule has 21 heavy (non-hydrogen) atoms. The van der Waals surface area contributed by atoms with Gasteiger partial charge in [-0.05, 0) is 49.0 Å². The molecule has 0 aliphatic heterocycles. The fraction of sp³-hybridized carbons (Fsp3) is 0.588. The van der Waals surface area contributed by atoms with Crippen LogP contribution in [0.3, 0.4) is 0 Å². The predicted octanol–water partition coefficient (Wildman–Crippen LogP) is 4.06. The van der Waals surface area contributed by atoms with Crippen molar-refractivity contribution >= 4 is 8.32 Å². The molecule has 0 spiro atoms. The average molecular weight is 308 g/mol. The molecule has 0 unspecified atom stereocenters. The van der Waals surface area contributed by atoms with E-state index in [1.54, 1.807) is 12.3 Å². The Balaban J connectivity index is 2.60. The number of H-pyrrole nitrogens is 1. The minimum atomic E-state index is -1.67. The predicted molar refractivity (Wildman–Crippen MR) is 92.4 cm³/mol. The summed E-state index contributed by atoms with van der Waals surface area (Å²) in [7, 11) is -1.67. The zero-order valence-corrected chi connectivity index (χ0v) is 15.1. The van der Waals surface area contributed by atoms with Crippen molar-refractivity contribution in [1.82, 2.24) is 4.98 Å². The largest absolute Gasteiger partial charge is 0.417 e. The molecule has 0 amide bonds. The number of hydrogen-bond acceptors (Lipinski definition) is 2. The van der Waals surface area contributed by atoms with E-state index in [0.717, 1.165) is 30.6 Å². The number of hydrogen-bond donors (Lipinski definition) is 1. The van der Waals surface area contributed by atoms with Crippen LogP contribution in [0.15, 0.2) is 29.7 Å². The summed E-state index contributed by atoms with van der Waals surface area (Å²) in [5.41, 5.74) is 1.94. The van der Waals surface area contributed by atoms with E-state index in [-0.39, 0.29) is 10.6 Å². The summed E-state index contributed by atoms with van der Waals surface area (Å²) in [6, 6.07) is 1.99. The van der Waals surface area contributed by atoms with Crippen LogP contribution in [0.25, 0.3) is 0 Å². The van der Waals surface area contributed by atoms with Gasteiger partial charge in [0.05, 0.1) is 0 Å². The maximum Gasteiger partial charge on any atom is 0.251 e. The summed E-state index contributed by atoms with van der Waals surface area (Å²) in [6.45, 7) is 15.8. The summed E-state index contributed by atoms with van der Waals surface area (Å²) in [4.78, 5) is 14.6. The third-order valence-electron chi connectivity index (χ3n) is 4.37. The van der Waals surface area contributed by atoms with Gasteiger partial charge in [-0.15, -0.1) is 6.58 Å². The molecule has 0 radical (unpaired) electrons. The SMILES string of the molecule is C=CCc1c(CCCO[Si](C)(C)C(C)(C)C)cc[nH]c1=O. The highest BCUT2D eigenvalue weighted by Crippen LogP contribution is 2.36. The smallest absolute Gasteiger partial charge is 0.251 e. The lowest BCUT2D eigenvalue weighted by Crippen LogP contribution is -2.41. The molecule has 1 aromatic rings. The van der Waals surface area contributed by atoms with Crippen LogP contribution in [-0.2, 0) is 17.3 Å². The van der Waals surface area contributed by atoms with Gasteiger partial charge < -0.3 is 9.41 Å². The van der Waals surface area contributed by atoms with Gasteiger partial charge in [-0.2, -0.15) is 0 Å². The molecule has 0 aliphatic carbocycles. The summed E-state index contributed by atoms with van der Waals surface area (Å²) >= 11 is 0. The number of rotatable bonds is 7. The van der Waals surface area contributed by atoms with Crippen molar-refractivity contribution in [2.75, 3.05) is 6.61 Å². The molecule has 0 fully saturated rings. The standard InChI is InChI=1S/C17H29NO2Si/c1-7-9-15-14(11-12-18-16(15)19)10-8-13-20-21(5,6)17(2,3)4/h7,11-12H,1,8-10,13H2,2-6H3,(H,18,19). The maximum atomic E-state index is 11.8. The van der Waals surface area contributed by atoms with Gasteiger partial charge in [-0.1, -0.05) is 26.8 Å². The molecule has 0 aromatic carbocycles. The maximum absolute atomic E-state index is 11.8. The second-order valence-electron chi connectivity index (χ2n) is 7.02. The van der Waals surface area contributed by atoms with Crippen molar-refractivity contribution in [3.05, 3.63) is 46.4 Å². The first-order chi connectivity index (χ1) is 9.69. The highest BCUT2D eigenvalue weighted by atomic mass is 28.4. The fourth-order valence-corrected chi connectivity index (χ4v) is 3.05. The number of aromatic amines is 1. The summed E-state index contributed by atoms with van der Waals surface area (Å²) in [6.07, 6.45) is 5.94. The highest BCUT2D eigenvalue weighted by Gasteiger charge is 2.36. The van der Waals surface area contributed by atoms with E-state index < -0.39 is 8.32 Å². The minimum Gasteiger partial charge on any atom is -0.417 e. The third kappa shape index (κ3) is 4.97. The van der Waals surface area contributed by atoms with Crippen LogP contribution in [0.2, 0.25) is 18.1 Å². The summed E-state index contributed by atoms with van der Waals surface area (Å²) in [5, 5.41) is 0.241. The molecule has 0 bridgehead atoms. The fourth-order valence-electron chi connectivity index (χ4n) is 1.96. The van der Waals surface area contributed by atoms with Crippen molar-refractivity contribution in [1.29, 1.82) is 0 Å². The van der Waals surface area contributed by atoms with Crippen LogP contribution in [0.4, 0.5) is 0 Å². The molecular weight excluding hydrogens is 278 g/mol. The van der Waals surface area contributed by atoms with Crippen LogP contribution in [0.1, 0.15) is 38.3 Å². The van der Waals surface area contributed by atoms with E-state index in [1.807, 2.05) is 6.07 Å². The van der Waals surface area contributed by atoms with E-state index in [2.05, 4.69) is 45.4 Å². The molecule has 4 heteroatoms. The summed E-state index contributed by atoms with van der Waals surface area (Å²) in [5.74, 6) is 0. The lowest BCUT2D eigenvalue weighted by Gasteiger charge is -2.36. The zero-order chi connectivity index (χ0) is 16.1. The van der Waals surface area contributed by atoms with Gasteiger partial charge in [0.15, 0.2) is 8.32 Å². The zero-order valence-electron chi connectivity index (χ0n) is 14.1. The van der Waals surface area contributed by atoms with Crippen LogP contribution >= 0.6 is 0 Å². The van der Waals surface area contributed by atoms with Crippen molar-refractivity contribution in [3.8, 4) is 0 Å². The molecule has 1 rings (SSSR count). The molecule has 0 saturated carbocycles. The van der Waals surface area contributed by atoms with Crippen molar-refractivity contribution in [3.63, 3.8) is 0 Å². The molecule has 1 N–H and O–H groups in total. The van der Waals surface area contributed by atoms with Crippen molar-refractivity contribution in [2.45, 2.75) is 58.2 Å². The second kappa shape index (κ2) is 7.23. The van der Waals surface area contributed by atoms with Crippen LogP contribution in [0, 0.1) is 0 Å². The Bertz CT molecular complexity index is 526. The van der Waals surface area contributed by atoms with E-state index in [9.17, 15) is 4.79 Å². The molecule has 3 nitrogen and oxygen atoms in total. The first-order valence-electron chi connectivity index (χ1n) is 7.63. The van der Waals surface area contributed by atoms with Gasteiger partial charge >= 0.3 is 0 Å². The monoisotopic (exact) mass is 307 g/mol. The lowest BCUT2D eigenvalue weighted by atomic mass is 10.0. The van der Waals surface area contributed by atoms with Crippen LogP contribution < -0.4 is 5.56 Å². The Labute approximate surface area is 129 Å². The number of aryl methyl sites for hydroxylation is 1. The van der Waals surface area contributed by atoms with Crippen molar-refractivity contribution in [2.24, 2.45) is 0 Å². The van der Waals surface area contributed by atoms with Gasteiger partial charge in [0.25, 0.3) is 5.56 Å². The Kier molecular flexibility index (Phi) is 6.17. The minimum absolute atomic E-state index is 0.00212. The molecular formula is C17H29NO2Si. The van der Waals surface area contributed by atoms with E-state index in [0.29, 0.717) is 6.42 Å². The molecule has 118 valence electrons. The topological polar surface area (TPSA) is 42.1 Å². The summed E-state index contributed by atoms with van der Waals surface area (Å²) < 4.78 is 6.18. The molecule has 0 atom stereocenters. The number of aromatic nitrogens is 1. The number of nitrogens with one attached hydrogen (secondary N) is 1. The Morgan fingerprint density at radius 1 is 1.38 bits per heavy atom. The number of allylic oxidation sites excluding steroid dienone is 1. The van der Waals surface area contributed by atoms with Gasteiger partial charge in [0.1, 0.15) is 0 Å². The van der Waals surface area contributed by atoms with Crippen LogP contribution in [-0.4, -0.2) is 19.9 Å². The van der Waals surface area contributed by atoms with E-state index >= 15 is 0 Å². The Morgan fingerprint density at radius 2 is 2.05 bits per heavy atom. The first-order valence-corrected chi connectivity index (χ1v) is 10.5. The van der Waals surface area contributed by atoms with Gasteiger partial charge in [-0.3, -0.25) is 4.79 Å².